The summed E-state index contributed by atoms with van der Waals surface area (Å²) in [5.74, 6) is -1.04. The third-order valence-electron chi connectivity index (χ3n) is 4.17. The van der Waals surface area contributed by atoms with Gasteiger partial charge < -0.3 is 10.4 Å². The smallest absolute Gasteiger partial charge is 0.310 e. The number of rotatable bonds is 5. The van der Waals surface area contributed by atoms with Crippen molar-refractivity contribution in [3.8, 4) is 0 Å². The van der Waals surface area contributed by atoms with Crippen molar-refractivity contribution in [3.63, 3.8) is 0 Å². The molecule has 0 atom stereocenters. The van der Waals surface area contributed by atoms with Crippen molar-refractivity contribution in [1.29, 1.82) is 0 Å². The van der Waals surface area contributed by atoms with Crippen molar-refractivity contribution in [2.75, 3.05) is 0 Å². The van der Waals surface area contributed by atoms with E-state index in [4.69, 9.17) is 11.6 Å². The Morgan fingerprint density at radius 1 is 1.14 bits per heavy atom. The molecule has 4 nitrogen and oxygen atoms in total. The van der Waals surface area contributed by atoms with Crippen LogP contribution in [0, 0.1) is 5.41 Å². The van der Waals surface area contributed by atoms with Crippen LogP contribution in [-0.2, 0) is 16.1 Å². The summed E-state index contributed by atoms with van der Waals surface area (Å²) in [5.41, 5.74) is 0.0725. The van der Waals surface area contributed by atoms with E-state index in [1.165, 1.54) is 0 Å². The maximum atomic E-state index is 12.1. The molecule has 0 unspecified atom stereocenters. The van der Waals surface area contributed by atoms with Crippen LogP contribution in [0.15, 0.2) is 24.3 Å². The molecule has 0 aromatic heterocycles. The molecule has 1 aliphatic rings. The predicted molar refractivity (Wildman–Crippen MR) is 81.1 cm³/mol. The van der Waals surface area contributed by atoms with Gasteiger partial charge in [-0.3, -0.25) is 9.59 Å². The Labute approximate surface area is 129 Å². The lowest BCUT2D eigenvalue weighted by Gasteiger charge is -2.32. The first kappa shape index (κ1) is 15.8. The molecule has 1 saturated carbocycles. The highest BCUT2D eigenvalue weighted by atomic mass is 35.5. The molecule has 21 heavy (non-hydrogen) atoms. The molecular weight excluding hydrogens is 290 g/mol. The van der Waals surface area contributed by atoms with Crippen molar-refractivity contribution in [2.24, 2.45) is 5.41 Å². The average Bonchev–Trinajstić information content (AvgIpc) is 2.47. The number of aliphatic carboxylic acids is 1. The normalized spacial score (nSPS) is 17.2. The lowest BCUT2D eigenvalue weighted by atomic mass is 9.71. The summed E-state index contributed by atoms with van der Waals surface area (Å²) < 4.78 is 0. The van der Waals surface area contributed by atoms with E-state index in [0.717, 1.165) is 24.8 Å². The van der Waals surface area contributed by atoms with Gasteiger partial charge in [0.25, 0.3) is 0 Å². The summed E-state index contributed by atoms with van der Waals surface area (Å²) in [6.07, 6.45) is 4.08. The fraction of sp³-hybridized carbons (Fsp3) is 0.500. The highest BCUT2D eigenvalue weighted by molar-refractivity contribution is 6.30. The number of benzene rings is 1. The van der Waals surface area contributed by atoms with Gasteiger partial charge >= 0.3 is 5.97 Å². The van der Waals surface area contributed by atoms with E-state index in [9.17, 15) is 14.7 Å². The molecule has 1 aliphatic carbocycles. The fourth-order valence-corrected chi connectivity index (χ4v) is 2.99. The van der Waals surface area contributed by atoms with E-state index in [1.54, 1.807) is 12.1 Å². The van der Waals surface area contributed by atoms with Crippen LogP contribution in [0.1, 0.15) is 44.1 Å². The molecule has 1 aromatic rings. The van der Waals surface area contributed by atoms with Crippen LogP contribution in [0.2, 0.25) is 5.02 Å². The minimum atomic E-state index is -0.873. The zero-order valence-electron chi connectivity index (χ0n) is 11.9. The predicted octanol–water partition coefficient (Wildman–Crippen LogP) is 3.38. The Kier molecular flexibility index (Phi) is 5.23. The molecule has 0 bridgehead atoms. The number of carbonyl (C=O) groups excluding carboxylic acids is 1. The van der Waals surface area contributed by atoms with Gasteiger partial charge in [-0.1, -0.05) is 43.0 Å². The van der Waals surface area contributed by atoms with Crippen LogP contribution in [-0.4, -0.2) is 17.0 Å². The van der Waals surface area contributed by atoms with Crippen LogP contribution < -0.4 is 5.32 Å². The average molecular weight is 310 g/mol. The largest absolute Gasteiger partial charge is 0.481 e. The number of hydrogen-bond acceptors (Lipinski definition) is 2. The molecule has 0 aliphatic heterocycles. The Morgan fingerprint density at radius 2 is 1.76 bits per heavy atom. The van der Waals surface area contributed by atoms with Gasteiger partial charge in [0.1, 0.15) is 0 Å². The first-order chi connectivity index (χ1) is 10.0. The number of nitrogens with one attached hydrogen (secondary N) is 1. The van der Waals surface area contributed by atoms with Gasteiger partial charge in [0, 0.05) is 18.0 Å². The zero-order valence-corrected chi connectivity index (χ0v) is 12.7. The number of halogens is 1. The summed E-state index contributed by atoms with van der Waals surface area (Å²) in [6.45, 7) is 0.395. The van der Waals surface area contributed by atoms with Gasteiger partial charge in [-0.15, -0.1) is 0 Å². The molecule has 1 amide bonds. The molecule has 0 spiro atoms. The minimum absolute atomic E-state index is 0.0654. The van der Waals surface area contributed by atoms with Crippen LogP contribution in [0.3, 0.4) is 0 Å². The standard InChI is InChI=1S/C16H20ClNO3/c17-13-6-4-12(5-7-13)11-18-14(19)10-16(15(20)21)8-2-1-3-9-16/h4-7H,1-3,8-11H2,(H,18,19)(H,20,21). The molecular formula is C16H20ClNO3. The Balaban J connectivity index is 1.90. The van der Waals surface area contributed by atoms with E-state index < -0.39 is 11.4 Å². The molecule has 5 heteroatoms. The van der Waals surface area contributed by atoms with Gasteiger partial charge in [0.05, 0.1) is 5.41 Å². The summed E-state index contributed by atoms with van der Waals surface area (Å²) in [6, 6.07) is 7.22. The van der Waals surface area contributed by atoms with Gasteiger partial charge in [-0.25, -0.2) is 0 Å². The van der Waals surface area contributed by atoms with E-state index >= 15 is 0 Å². The van der Waals surface area contributed by atoms with E-state index in [0.29, 0.717) is 24.4 Å². The quantitative estimate of drug-likeness (QED) is 0.876. The van der Waals surface area contributed by atoms with Crippen molar-refractivity contribution in [3.05, 3.63) is 34.9 Å². The monoisotopic (exact) mass is 309 g/mol. The zero-order chi connectivity index (χ0) is 15.3. The van der Waals surface area contributed by atoms with Crippen LogP contribution in [0.25, 0.3) is 0 Å². The van der Waals surface area contributed by atoms with E-state index in [-0.39, 0.29) is 12.3 Å². The molecule has 0 saturated heterocycles. The second kappa shape index (κ2) is 6.94. The minimum Gasteiger partial charge on any atom is -0.481 e. The van der Waals surface area contributed by atoms with Gasteiger partial charge in [0.2, 0.25) is 5.91 Å². The van der Waals surface area contributed by atoms with Gasteiger partial charge in [-0.05, 0) is 30.5 Å². The number of amides is 1. The molecule has 1 aromatic carbocycles. The van der Waals surface area contributed by atoms with Gasteiger partial charge in [0.15, 0.2) is 0 Å². The fourth-order valence-electron chi connectivity index (χ4n) is 2.87. The second-order valence-corrected chi connectivity index (χ2v) is 6.16. The Hall–Kier alpha value is -1.55. The highest BCUT2D eigenvalue weighted by Crippen LogP contribution is 2.39. The molecule has 1 fully saturated rings. The molecule has 2 rings (SSSR count). The number of carboxylic acid groups (broad SMARTS) is 1. The second-order valence-electron chi connectivity index (χ2n) is 5.73. The maximum Gasteiger partial charge on any atom is 0.310 e. The number of carbonyl (C=O) groups is 2. The first-order valence-electron chi connectivity index (χ1n) is 7.26. The summed E-state index contributed by atoms with van der Waals surface area (Å²) in [4.78, 5) is 23.6. The summed E-state index contributed by atoms with van der Waals surface area (Å²) in [7, 11) is 0. The third kappa shape index (κ3) is 4.21. The lowest BCUT2D eigenvalue weighted by molar-refractivity contribution is -0.154. The van der Waals surface area contributed by atoms with E-state index in [2.05, 4.69) is 5.32 Å². The van der Waals surface area contributed by atoms with Crippen molar-refractivity contribution >= 4 is 23.5 Å². The number of hydrogen-bond donors (Lipinski definition) is 2. The lowest BCUT2D eigenvalue weighted by Crippen LogP contribution is -2.39. The first-order valence-corrected chi connectivity index (χ1v) is 7.64. The van der Waals surface area contributed by atoms with E-state index in [1.807, 2.05) is 12.1 Å². The topological polar surface area (TPSA) is 66.4 Å². The summed E-state index contributed by atoms with van der Waals surface area (Å²) >= 11 is 5.80. The number of carboxylic acids is 1. The molecule has 0 heterocycles. The molecule has 114 valence electrons. The van der Waals surface area contributed by atoms with Gasteiger partial charge in [-0.2, -0.15) is 0 Å². The van der Waals surface area contributed by atoms with Crippen LogP contribution in [0.4, 0.5) is 0 Å². The van der Waals surface area contributed by atoms with Crippen molar-refractivity contribution < 1.29 is 14.7 Å². The van der Waals surface area contributed by atoms with Crippen molar-refractivity contribution in [1.82, 2.24) is 5.32 Å². The molecule has 0 radical (unpaired) electrons. The molecule has 2 N–H and O–H groups in total. The van der Waals surface area contributed by atoms with Crippen LogP contribution in [0.5, 0.6) is 0 Å². The summed E-state index contributed by atoms with van der Waals surface area (Å²) in [5, 5.41) is 12.9. The highest BCUT2D eigenvalue weighted by Gasteiger charge is 2.41. The van der Waals surface area contributed by atoms with Crippen LogP contribution >= 0.6 is 11.6 Å². The third-order valence-corrected chi connectivity index (χ3v) is 4.42. The maximum absolute atomic E-state index is 12.1. The van der Waals surface area contributed by atoms with Crippen molar-refractivity contribution in [2.45, 2.75) is 45.1 Å². The Morgan fingerprint density at radius 3 is 2.33 bits per heavy atom. The SMILES string of the molecule is O=C(CC1(C(=O)O)CCCCC1)NCc1ccc(Cl)cc1. The Bertz CT molecular complexity index is 507.